The molecule has 136 valence electrons. The highest BCUT2D eigenvalue weighted by atomic mass is 32.1. The first-order valence-electron chi connectivity index (χ1n) is 8.18. The largest absolute Gasteiger partial charge is 0.439 e. The number of amides is 2. The molecule has 27 heavy (non-hydrogen) atoms. The third-order valence-electron chi connectivity index (χ3n) is 3.81. The lowest BCUT2D eigenvalue weighted by Gasteiger charge is -2.27. The number of ether oxygens (including phenoxy) is 1. The minimum atomic E-state index is -0.537. The molecule has 1 aliphatic rings. The van der Waals surface area contributed by atoms with Crippen LogP contribution in [0.4, 0.5) is 0 Å². The summed E-state index contributed by atoms with van der Waals surface area (Å²) >= 11 is 5.02. The number of hydrogen-bond acceptors (Lipinski definition) is 5. The van der Waals surface area contributed by atoms with Crippen molar-refractivity contribution in [2.45, 2.75) is 6.92 Å². The molecular formula is C20H17N3O3S. The fourth-order valence-corrected chi connectivity index (χ4v) is 2.67. The minimum absolute atomic E-state index is 0.0144. The second-order valence-corrected chi connectivity index (χ2v) is 6.25. The first-order valence-corrected chi connectivity index (χ1v) is 8.59. The quantitative estimate of drug-likeness (QED) is 0.374. The van der Waals surface area contributed by atoms with E-state index >= 15 is 0 Å². The van der Waals surface area contributed by atoms with Crippen LogP contribution in [0.2, 0.25) is 0 Å². The number of pyridine rings is 1. The molecule has 6 nitrogen and oxygen atoms in total. The molecule has 0 unspecified atom stereocenters. The van der Waals surface area contributed by atoms with Crippen molar-refractivity contribution >= 4 is 35.2 Å². The van der Waals surface area contributed by atoms with Gasteiger partial charge in [-0.15, -0.1) is 6.58 Å². The number of rotatable bonds is 5. The number of nitrogens with zero attached hydrogens (tertiary/aromatic N) is 2. The summed E-state index contributed by atoms with van der Waals surface area (Å²) in [5, 5.41) is 2.57. The van der Waals surface area contributed by atoms with E-state index in [2.05, 4.69) is 16.9 Å². The summed E-state index contributed by atoms with van der Waals surface area (Å²) in [5.41, 5.74) is 1.72. The fraction of sp³-hybridized carbons (Fsp3) is 0.100. The van der Waals surface area contributed by atoms with Gasteiger partial charge in [0.05, 0.1) is 0 Å². The van der Waals surface area contributed by atoms with Crippen molar-refractivity contribution in [3.8, 4) is 11.6 Å². The van der Waals surface area contributed by atoms with Crippen LogP contribution in [-0.4, -0.2) is 33.4 Å². The number of aromatic nitrogens is 1. The smallest absolute Gasteiger partial charge is 0.265 e. The van der Waals surface area contributed by atoms with Crippen LogP contribution < -0.4 is 10.1 Å². The molecule has 1 N–H and O–H groups in total. The molecule has 0 bridgehead atoms. The van der Waals surface area contributed by atoms with Crippen LogP contribution in [0.3, 0.4) is 0 Å². The van der Waals surface area contributed by atoms with Gasteiger partial charge in [-0.3, -0.25) is 19.8 Å². The molecule has 1 aromatic carbocycles. The topological polar surface area (TPSA) is 71.5 Å². The monoisotopic (exact) mass is 379 g/mol. The molecule has 0 saturated carbocycles. The highest BCUT2D eigenvalue weighted by Gasteiger charge is 2.32. The average molecular weight is 379 g/mol. The zero-order valence-corrected chi connectivity index (χ0v) is 15.5. The molecule has 2 aromatic rings. The highest BCUT2D eigenvalue weighted by Crippen LogP contribution is 2.21. The van der Waals surface area contributed by atoms with E-state index in [1.54, 1.807) is 12.1 Å². The van der Waals surface area contributed by atoms with E-state index in [1.807, 2.05) is 31.2 Å². The number of aryl methyl sites for hydroxylation is 1. The SMILES string of the molecule is C=CCN1C(=O)C(=Cc2ccc(Oc3ccc(C)cc3)nc2)C(=O)NC1=S. The van der Waals surface area contributed by atoms with Crippen molar-refractivity contribution < 1.29 is 14.3 Å². The van der Waals surface area contributed by atoms with Crippen molar-refractivity contribution in [2.75, 3.05) is 6.54 Å². The van der Waals surface area contributed by atoms with Gasteiger partial charge in [-0.2, -0.15) is 0 Å². The van der Waals surface area contributed by atoms with Gasteiger partial charge in [0.1, 0.15) is 11.3 Å². The van der Waals surface area contributed by atoms with Crippen LogP contribution in [-0.2, 0) is 9.59 Å². The molecule has 1 saturated heterocycles. The Morgan fingerprint density at radius 1 is 1.22 bits per heavy atom. The summed E-state index contributed by atoms with van der Waals surface area (Å²) in [6.07, 6.45) is 4.54. The van der Waals surface area contributed by atoms with Gasteiger partial charge in [-0.25, -0.2) is 4.98 Å². The maximum atomic E-state index is 12.5. The average Bonchev–Trinajstić information content (AvgIpc) is 2.65. The molecule has 1 fully saturated rings. The number of hydrogen-bond donors (Lipinski definition) is 1. The molecule has 0 radical (unpaired) electrons. The zero-order valence-electron chi connectivity index (χ0n) is 14.6. The predicted molar refractivity (Wildman–Crippen MR) is 106 cm³/mol. The molecule has 2 heterocycles. The third kappa shape index (κ3) is 4.27. The lowest BCUT2D eigenvalue weighted by molar-refractivity contribution is -0.128. The molecule has 1 aromatic heterocycles. The van der Waals surface area contributed by atoms with E-state index in [9.17, 15) is 9.59 Å². The maximum Gasteiger partial charge on any atom is 0.265 e. The fourth-order valence-electron chi connectivity index (χ4n) is 2.42. The molecule has 0 aliphatic carbocycles. The Balaban J connectivity index is 1.78. The van der Waals surface area contributed by atoms with Gasteiger partial charge in [0.15, 0.2) is 5.11 Å². The number of carbonyl (C=O) groups excluding carboxylic acids is 2. The Morgan fingerprint density at radius 3 is 2.59 bits per heavy atom. The molecule has 0 atom stereocenters. The third-order valence-corrected chi connectivity index (χ3v) is 4.13. The van der Waals surface area contributed by atoms with Crippen LogP contribution in [0.1, 0.15) is 11.1 Å². The van der Waals surface area contributed by atoms with Gasteiger partial charge < -0.3 is 4.74 Å². The molecule has 2 amide bonds. The van der Waals surface area contributed by atoms with Gasteiger partial charge in [0.25, 0.3) is 11.8 Å². The maximum absolute atomic E-state index is 12.5. The van der Waals surface area contributed by atoms with Crippen molar-refractivity contribution in [2.24, 2.45) is 0 Å². The number of carbonyl (C=O) groups is 2. The zero-order chi connectivity index (χ0) is 19.4. The lowest BCUT2D eigenvalue weighted by atomic mass is 10.1. The first-order chi connectivity index (χ1) is 13.0. The summed E-state index contributed by atoms with van der Waals surface area (Å²) in [6.45, 7) is 5.81. The second-order valence-electron chi connectivity index (χ2n) is 5.87. The highest BCUT2D eigenvalue weighted by molar-refractivity contribution is 7.80. The van der Waals surface area contributed by atoms with Crippen LogP contribution >= 0.6 is 12.2 Å². The Bertz CT molecular complexity index is 934. The van der Waals surface area contributed by atoms with E-state index in [1.165, 1.54) is 23.2 Å². The summed E-state index contributed by atoms with van der Waals surface area (Å²) in [6, 6.07) is 11.0. The molecule has 0 spiro atoms. The Morgan fingerprint density at radius 2 is 1.96 bits per heavy atom. The first kappa shape index (κ1) is 18.5. The molecule has 3 rings (SSSR count). The van der Waals surface area contributed by atoms with Crippen LogP contribution in [0, 0.1) is 6.92 Å². The molecule has 1 aliphatic heterocycles. The van der Waals surface area contributed by atoms with E-state index in [4.69, 9.17) is 17.0 Å². The van der Waals surface area contributed by atoms with Gasteiger partial charge in [0.2, 0.25) is 5.88 Å². The predicted octanol–water partition coefficient (Wildman–Crippen LogP) is 3.00. The minimum Gasteiger partial charge on any atom is -0.439 e. The van der Waals surface area contributed by atoms with Crippen molar-refractivity contribution in [1.29, 1.82) is 0 Å². The van der Waals surface area contributed by atoms with Crippen molar-refractivity contribution in [3.05, 3.63) is 72.0 Å². The number of thiocarbonyl (C=S) groups is 1. The van der Waals surface area contributed by atoms with E-state index < -0.39 is 11.8 Å². The summed E-state index contributed by atoms with van der Waals surface area (Å²) in [7, 11) is 0. The van der Waals surface area contributed by atoms with Gasteiger partial charge in [-0.05, 0) is 49.0 Å². The normalized spacial score (nSPS) is 15.7. The second kappa shape index (κ2) is 7.92. The standard InChI is InChI=1S/C20H17N3O3S/c1-3-10-23-19(25)16(18(24)22-20(23)27)11-14-6-9-17(21-12-14)26-15-7-4-13(2)5-8-15/h3-9,11-12H,1,10H2,2H3,(H,22,24,27). The van der Waals surface area contributed by atoms with E-state index in [0.29, 0.717) is 17.2 Å². The molecule has 7 heteroatoms. The number of nitrogens with one attached hydrogen (secondary N) is 1. The van der Waals surface area contributed by atoms with Gasteiger partial charge in [-0.1, -0.05) is 23.8 Å². The van der Waals surface area contributed by atoms with E-state index in [-0.39, 0.29) is 17.2 Å². The summed E-state index contributed by atoms with van der Waals surface area (Å²) in [5.74, 6) is 0.0819. The summed E-state index contributed by atoms with van der Waals surface area (Å²) in [4.78, 5) is 30.1. The lowest BCUT2D eigenvalue weighted by Crippen LogP contribution is -2.53. The Hall–Kier alpha value is -3.32. The van der Waals surface area contributed by atoms with E-state index in [0.717, 1.165) is 5.56 Å². The Labute approximate surface area is 162 Å². The van der Waals surface area contributed by atoms with Gasteiger partial charge >= 0.3 is 0 Å². The van der Waals surface area contributed by atoms with Crippen molar-refractivity contribution in [3.63, 3.8) is 0 Å². The summed E-state index contributed by atoms with van der Waals surface area (Å²) < 4.78 is 5.67. The van der Waals surface area contributed by atoms with Gasteiger partial charge in [0, 0.05) is 18.8 Å². The van der Waals surface area contributed by atoms with Crippen molar-refractivity contribution in [1.82, 2.24) is 15.2 Å². The Kier molecular flexibility index (Phi) is 5.42. The van der Waals surface area contributed by atoms with Crippen LogP contribution in [0.25, 0.3) is 6.08 Å². The van der Waals surface area contributed by atoms with Crippen LogP contribution in [0.5, 0.6) is 11.6 Å². The molecular weight excluding hydrogens is 362 g/mol. The number of benzene rings is 1. The van der Waals surface area contributed by atoms with Crippen LogP contribution in [0.15, 0.2) is 60.8 Å².